The van der Waals surface area contributed by atoms with Crippen LogP contribution >= 0.6 is 0 Å². The van der Waals surface area contributed by atoms with Crippen molar-refractivity contribution in [3.8, 4) is 6.19 Å². The van der Waals surface area contributed by atoms with Gasteiger partial charge in [0.1, 0.15) is 0 Å². The van der Waals surface area contributed by atoms with E-state index in [1.54, 1.807) is 23.1 Å². The Morgan fingerprint density at radius 1 is 1.17 bits per heavy atom. The Balaban J connectivity index is 0.000000924. The Labute approximate surface area is 137 Å². The van der Waals surface area contributed by atoms with Gasteiger partial charge in [-0.3, -0.25) is 0 Å². The smallest absolute Gasteiger partial charge is 0.240 e. The van der Waals surface area contributed by atoms with Crippen LogP contribution in [-0.2, 0) is 10.0 Å². The normalized spacial score (nSPS) is 17.4. The quantitative estimate of drug-likeness (QED) is 0.878. The fourth-order valence-electron chi connectivity index (χ4n) is 2.57. The SMILES string of the molecule is CC.N#CN1CCC(NS(=O)(=O)c2ccc3ccccc3c2)C1. The number of benzene rings is 2. The molecule has 1 aliphatic rings. The summed E-state index contributed by atoms with van der Waals surface area (Å²) >= 11 is 0. The van der Waals surface area contributed by atoms with Gasteiger partial charge in [-0.15, -0.1) is 0 Å². The zero-order valence-electron chi connectivity index (χ0n) is 13.4. The van der Waals surface area contributed by atoms with Crippen LogP contribution in [0.15, 0.2) is 47.4 Å². The zero-order chi connectivity index (χ0) is 16.9. The number of hydrogen-bond donors (Lipinski definition) is 1. The first kappa shape index (κ1) is 17.3. The number of nitrogens with zero attached hydrogens (tertiary/aromatic N) is 2. The number of nitrogens with one attached hydrogen (secondary N) is 1. The molecule has 0 aliphatic carbocycles. The molecule has 1 N–H and O–H groups in total. The highest BCUT2D eigenvalue weighted by atomic mass is 32.2. The van der Waals surface area contributed by atoms with E-state index in [2.05, 4.69) is 4.72 Å². The minimum absolute atomic E-state index is 0.207. The highest BCUT2D eigenvalue weighted by Crippen LogP contribution is 2.20. The maximum absolute atomic E-state index is 12.4. The molecule has 1 heterocycles. The number of nitriles is 1. The van der Waals surface area contributed by atoms with E-state index in [1.807, 2.05) is 44.3 Å². The summed E-state index contributed by atoms with van der Waals surface area (Å²) in [6, 6.07) is 12.5. The van der Waals surface area contributed by atoms with Crippen molar-refractivity contribution in [3.63, 3.8) is 0 Å². The van der Waals surface area contributed by atoms with E-state index in [1.165, 1.54) is 0 Å². The van der Waals surface area contributed by atoms with E-state index >= 15 is 0 Å². The van der Waals surface area contributed by atoms with Gasteiger partial charge in [0.05, 0.1) is 4.90 Å². The molecule has 0 spiro atoms. The summed E-state index contributed by atoms with van der Waals surface area (Å²) in [5.74, 6) is 0. The van der Waals surface area contributed by atoms with Crippen molar-refractivity contribution in [1.82, 2.24) is 9.62 Å². The summed E-state index contributed by atoms with van der Waals surface area (Å²) in [5.41, 5.74) is 0. The Hall–Kier alpha value is -2.10. The predicted octanol–water partition coefficient (Wildman–Crippen LogP) is 2.70. The van der Waals surface area contributed by atoms with Crippen LogP contribution in [-0.4, -0.2) is 32.4 Å². The Morgan fingerprint density at radius 3 is 2.52 bits per heavy atom. The third-order valence-electron chi connectivity index (χ3n) is 3.68. The van der Waals surface area contributed by atoms with Gasteiger partial charge in [0.2, 0.25) is 10.0 Å². The lowest BCUT2D eigenvalue weighted by Crippen LogP contribution is -2.36. The molecule has 1 atom stereocenters. The van der Waals surface area contributed by atoms with Crippen LogP contribution in [0.25, 0.3) is 10.8 Å². The molecule has 0 bridgehead atoms. The maximum Gasteiger partial charge on any atom is 0.240 e. The lowest BCUT2D eigenvalue weighted by Gasteiger charge is -2.13. The van der Waals surface area contributed by atoms with Crippen LogP contribution < -0.4 is 4.72 Å². The molecule has 0 saturated carbocycles. The molecule has 2 aromatic rings. The lowest BCUT2D eigenvalue weighted by molar-refractivity contribution is 0.470. The first-order chi connectivity index (χ1) is 11.1. The summed E-state index contributed by atoms with van der Waals surface area (Å²) in [5, 5.41) is 10.7. The van der Waals surface area contributed by atoms with Gasteiger partial charge in [0.15, 0.2) is 6.19 Å². The molecule has 0 radical (unpaired) electrons. The molecule has 122 valence electrons. The molecular formula is C17H21N3O2S. The van der Waals surface area contributed by atoms with E-state index < -0.39 is 10.0 Å². The Bertz CT molecular complexity index is 812. The average molecular weight is 331 g/mol. The minimum Gasteiger partial charge on any atom is -0.309 e. The van der Waals surface area contributed by atoms with Gasteiger partial charge >= 0.3 is 0 Å². The van der Waals surface area contributed by atoms with Gasteiger partial charge in [-0.2, -0.15) is 5.26 Å². The molecule has 2 aromatic carbocycles. The lowest BCUT2D eigenvalue weighted by atomic mass is 10.1. The first-order valence-electron chi connectivity index (χ1n) is 7.74. The molecule has 6 heteroatoms. The fraction of sp³-hybridized carbons (Fsp3) is 0.353. The van der Waals surface area contributed by atoms with Gasteiger partial charge in [0, 0.05) is 19.1 Å². The molecule has 23 heavy (non-hydrogen) atoms. The third-order valence-corrected chi connectivity index (χ3v) is 5.20. The third kappa shape index (κ3) is 4.01. The summed E-state index contributed by atoms with van der Waals surface area (Å²) < 4.78 is 27.5. The second-order valence-corrected chi connectivity index (χ2v) is 6.88. The van der Waals surface area contributed by atoms with Crippen molar-refractivity contribution in [3.05, 3.63) is 42.5 Å². The summed E-state index contributed by atoms with van der Waals surface area (Å²) in [6.07, 6.45) is 2.70. The molecule has 5 nitrogen and oxygen atoms in total. The average Bonchev–Trinajstić information content (AvgIpc) is 3.03. The molecular weight excluding hydrogens is 310 g/mol. The second kappa shape index (κ2) is 7.44. The van der Waals surface area contributed by atoms with Gasteiger partial charge in [-0.25, -0.2) is 13.1 Å². The van der Waals surface area contributed by atoms with Crippen LogP contribution in [0.2, 0.25) is 0 Å². The highest BCUT2D eigenvalue weighted by Gasteiger charge is 2.26. The van der Waals surface area contributed by atoms with Gasteiger partial charge in [-0.1, -0.05) is 44.2 Å². The Kier molecular flexibility index (Phi) is 5.59. The number of likely N-dealkylation sites (tertiary alicyclic amines) is 1. The predicted molar refractivity (Wildman–Crippen MR) is 91.2 cm³/mol. The van der Waals surface area contributed by atoms with E-state index in [0.29, 0.717) is 19.5 Å². The van der Waals surface area contributed by atoms with E-state index in [4.69, 9.17) is 5.26 Å². The second-order valence-electron chi connectivity index (χ2n) is 5.16. The monoisotopic (exact) mass is 331 g/mol. The van der Waals surface area contributed by atoms with Gasteiger partial charge in [-0.05, 0) is 29.3 Å². The van der Waals surface area contributed by atoms with Crippen LogP contribution in [0.4, 0.5) is 0 Å². The number of rotatable bonds is 3. The summed E-state index contributed by atoms with van der Waals surface area (Å²) in [6.45, 7) is 5.03. The minimum atomic E-state index is -3.55. The molecule has 1 fully saturated rings. The molecule has 1 unspecified atom stereocenters. The van der Waals surface area contributed by atoms with Crippen molar-refractivity contribution in [1.29, 1.82) is 5.26 Å². The number of sulfonamides is 1. The Morgan fingerprint density at radius 2 is 1.87 bits per heavy atom. The molecule has 3 rings (SSSR count). The zero-order valence-corrected chi connectivity index (χ0v) is 14.2. The number of hydrogen-bond acceptors (Lipinski definition) is 4. The van der Waals surface area contributed by atoms with E-state index in [0.717, 1.165) is 10.8 Å². The van der Waals surface area contributed by atoms with E-state index in [-0.39, 0.29) is 10.9 Å². The van der Waals surface area contributed by atoms with Crippen LogP contribution in [0.5, 0.6) is 0 Å². The molecule has 1 saturated heterocycles. The first-order valence-corrected chi connectivity index (χ1v) is 9.22. The van der Waals surface area contributed by atoms with Crippen molar-refractivity contribution in [2.24, 2.45) is 0 Å². The van der Waals surface area contributed by atoms with Gasteiger partial charge in [0.25, 0.3) is 0 Å². The van der Waals surface area contributed by atoms with Crippen LogP contribution in [0.1, 0.15) is 20.3 Å². The van der Waals surface area contributed by atoms with Crippen LogP contribution in [0, 0.1) is 11.5 Å². The van der Waals surface area contributed by atoms with Crippen LogP contribution in [0.3, 0.4) is 0 Å². The molecule has 1 aliphatic heterocycles. The summed E-state index contributed by atoms with van der Waals surface area (Å²) in [7, 11) is -3.55. The highest BCUT2D eigenvalue weighted by molar-refractivity contribution is 7.89. The largest absolute Gasteiger partial charge is 0.309 e. The van der Waals surface area contributed by atoms with Crippen molar-refractivity contribution in [2.75, 3.05) is 13.1 Å². The van der Waals surface area contributed by atoms with Gasteiger partial charge < -0.3 is 4.90 Å². The maximum atomic E-state index is 12.4. The molecule has 0 aromatic heterocycles. The topological polar surface area (TPSA) is 73.2 Å². The van der Waals surface area contributed by atoms with Crippen molar-refractivity contribution in [2.45, 2.75) is 31.2 Å². The van der Waals surface area contributed by atoms with E-state index in [9.17, 15) is 8.42 Å². The van der Waals surface area contributed by atoms with Crippen molar-refractivity contribution >= 4 is 20.8 Å². The van der Waals surface area contributed by atoms with Crippen molar-refractivity contribution < 1.29 is 8.42 Å². The fourth-order valence-corrected chi connectivity index (χ4v) is 3.87. The number of fused-ring (bicyclic) bond motifs is 1. The summed E-state index contributed by atoms with van der Waals surface area (Å²) in [4.78, 5) is 1.82. The molecule has 0 amide bonds. The standard InChI is InChI=1S/C15H15N3O2S.C2H6/c16-11-18-8-7-14(10-18)17-21(19,20)15-6-5-12-3-1-2-4-13(12)9-15;1-2/h1-6,9,14,17H,7-8,10H2;1-2H3.